The third kappa shape index (κ3) is 3.97. The number of alkyl halides is 1. The number of aliphatic hydroxyl groups is 2. The first-order valence-electron chi connectivity index (χ1n) is 7.79. The normalized spacial score (nSPS) is 18.5. The number of nitrogens with zero attached hydrogens (tertiary/aromatic N) is 1. The molecule has 1 heterocycles. The Morgan fingerprint density at radius 2 is 2.04 bits per heavy atom. The minimum absolute atomic E-state index is 0.0125. The summed E-state index contributed by atoms with van der Waals surface area (Å²) in [7, 11) is 0. The molecule has 0 bridgehead atoms. The van der Waals surface area contributed by atoms with Gasteiger partial charge in [0.05, 0.1) is 6.61 Å². The number of rotatable bonds is 5. The first-order valence-corrected chi connectivity index (χ1v) is 8.17. The fraction of sp³-hybridized carbons (Fsp3) is 0.562. The summed E-state index contributed by atoms with van der Waals surface area (Å²) in [5.41, 5.74) is 6.90. The van der Waals surface area contributed by atoms with E-state index in [0.717, 1.165) is 0 Å². The second kappa shape index (κ2) is 8.11. The highest BCUT2D eigenvalue weighted by molar-refractivity contribution is 6.31. The molecule has 2 unspecified atom stereocenters. The standard InChI is InChI=1S/C16H22ClFN2O4/c17-12-6-11(13(22)5-10(12)7-18)15(19)9-1-3-20(4-2-9)16(24)14(23)8-21/h5-6,9,14-15,21-23H,1-4,7-8,19H2. The monoisotopic (exact) mass is 360 g/mol. The van der Waals surface area contributed by atoms with Gasteiger partial charge in [-0.3, -0.25) is 4.79 Å². The molecule has 1 aliphatic rings. The second-order valence-corrected chi connectivity index (χ2v) is 6.43. The summed E-state index contributed by atoms with van der Waals surface area (Å²) >= 11 is 5.99. The van der Waals surface area contributed by atoms with E-state index in [2.05, 4.69) is 0 Å². The van der Waals surface area contributed by atoms with Gasteiger partial charge in [0, 0.05) is 35.3 Å². The van der Waals surface area contributed by atoms with Gasteiger partial charge in [-0.15, -0.1) is 0 Å². The summed E-state index contributed by atoms with van der Waals surface area (Å²) in [5, 5.41) is 28.5. The summed E-state index contributed by atoms with van der Waals surface area (Å²) in [5.74, 6) is -0.574. The van der Waals surface area contributed by atoms with Crippen LogP contribution in [0.15, 0.2) is 12.1 Å². The fourth-order valence-electron chi connectivity index (χ4n) is 3.01. The van der Waals surface area contributed by atoms with Gasteiger partial charge in [0.2, 0.25) is 0 Å². The average Bonchev–Trinajstić information content (AvgIpc) is 2.61. The summed E-state index contributed by atoms with van der Waals surface area (Å²) in [6, 6.07) is 2.29. The van der Waals surface area contributed by atoms with Crippen molar-refractivity contribution in [3.63, 3.8) is 0 Å². The van der Waals surface area contributed by atoms with Crippen LogP contribution >= 0.6 is 11.6 Å². The number of benzene rings is 1. The lowest BCUT2D eigenvalue weighted by Crippen LogP contribution is -2.46. The van der Waals surface area contributed by atoms with Gasteiger partial charge in [-0.05, 0) is 30.9 Å². The lowest BCUT2D eigenvalue weighted by Gasteiger charge is -2.35. The highest BCUT2D eigenvalue weighted by Gasteiger charge is 2.31. The zero-order chi connectivity index (χ0) is 17.9. The van der Waals surface area contributed by atoms with Gasteiger partial charge in [-0.2, -0.15) is 0 Å². The number of piperidine rings is 1. The van der Waals surface area contributed by atoms with Gasteiger partial charge in [0.15, 0.2) is 6.10 Å². The van der Waals surface area contributed by atoms with Crippen molar-refractivity contribution in [2.45, 2.75) is 31.7 Å². The van der Waals surface area contributed by atoms with Crippen molar-refractivity contribution in [1.29, 1.82) is 0 Å². The molecule has 0 saturated carbocycles. The summed E-state index contributed by atoms with van der Waals surface area (Å²) in [6.45, 7) is -0.558. The number of hydrogen-bond acceptors (Lipinski definition) is 5. The van der Waals surface area contributed by atoms with E-state index in [1.807, 2.05) is 0 Å². The lowest BCUT2D eigenvalue weighted by atomic mass is 9.85. The van der Waals surface area contributed by atoms with E-state index in [0.29, 0.717) is 31.5 Å². The first-order chi connectivity index (χ1) is 11.4. The van der Waals surface area contributed by atoms with E-state index >= 15 is 0 Å². The molecule has 2 atom stereocenters. The molecule has 24 heavy (non-hydrogen) atoms. The Labute approximate surface area is 144 Å². The molecule has 0 radical (unpaired) electrons. The molecule has 1 amide bonds. The molecule has 2 rings (SSSR count). The number of hydrogen-bond donors (Lipinski definition) is 4. The first kappa shape index (κ1) is 18.9. The van der Waals surface area contributed by atoms with Crippen LogP contribution in [0.25, 0.3) is 0 Å². The smallest absolute Gasteiger partial charge is 0.253 e. The van der Waals surface area contributed by atoms with Gasteiger partial charge in [-0.1, -0.05) is 11.6 Å². The van der Waals surface area contributed by atoms with Gasteiger partial charge >= 0.3 is 0 Å². The molecule has 0 aromatic heterocycles. The van der Waals surface area contributed by atoms with Crippen LogP contribution < -0.4 is 5.73 Å². The van der Waals surface area contributed by atoms with Crippen molar-refractivity contribution in [3.8, 4) is 5.75 Å². The molecular weight excluding hydrogens is 339 g/mol. The SMILES string of the molecule is NC(c1cc(Cl)c(CF)cc1O)C1CCN(C(=O)C(O)CO)CC1. The Kier molecular flexibility index (Phi) is 6.40. The van der Waals surface area contributed by atoms with E-state index in [1.54, 1.807) is 0 Å². The molecule has 6 nitrogen and oxygen atoms in total. The largest absolute Gasteiger partial charge is 0.508 e. The number of halogens is 2. The lowest BCUT2D eigenvalue weighted by molar-refractivity contribution is -0.143. The molecule has 1 aliphatic heterocycles. The van der Waals surface area contributed by atoms with Gasteiger partial charge < -0.3 is 26.0 Å². The van der Waals surface area contributed by atoms with Crippen LogP contribution in [-0.4, -0.2) is 51.9 Å². The molecule has 0 spiro atoms. The number of likely N-dealkylation sites (tertiary alicyclic amines) is 1. The van der Waals surface area contributed by atoms with Crippen molar-refractivity contribution in [1.82, 2.24) is 4.90 Å². The molecule has 134 valence electrons. The highest BCUT2D eigenvalue weighted by atomic mass is 35.5. The summed E-state index contributed by atoms with van der Waals surface area (Å²) in [4.78, 5) is 13.3. The molecule has 1 fully saturated rings. The van der Waals surface area contributed by atoms with Gasteiger partial charge in [0.25, 0.3) is 5.91 Å². The van der Waals surface area contributed by atoms with Crippen molar-refractivity contribution in [2.75, 3.05) is 19.7 Å². The molecule has 8 heteroatoms. The van der Waals surface area contributed by atoms with E-state index in [-0.39, 0.29) is 22.3 Å². The summed E-state index contributed by atoms with van der Waals surface area (Å²) < 4.78 is 12.8. The maximum atomic E-state index is 12.8. The minimum atomic E-state index is -1.40. The van der Waals surface area contributed by atoms with Gasteiger partial charge in [-0.25, -0.2) is 4.39 Å². The number of amides is 1. The Hall–Kier alpha value is -1.41. The average molecular weight is 361 g/mol. The van der Waals surface area contributed by atoms with Crippen molar-refractivity contribution < 1.29 is 24.5 Å². The molecule has 1 aromatic carbocycles. The number of aliphatic hydroxyl groups excluding tert-OH is 2. The Morgan fingerprint density at radius 1 is 1.42 bits per heavy atom. The quantitative estimate of drug-likeness (QED) is 0.629. The van der Waals surface area contributed by atoms with Crippen LogP contribution in [0, 0.1) is 5.92 Å². The zero-order valence-corrected chi connectivity index (χ0v) is 13.9. The van der Waals surface area contributed by atoms with E-state index in [1.165, 1.54) is 17.0 Å². The van der Waals surface area contributed by atoms with Crippen molar-refractivity contribution in [2.24, 2.45) is 11.7 Å². The maximum Gasteiger partial charge on any atom is 0.253 e. The Morgan fingerprint density at radius 3 is 2.58 bits per heavy atom. The number of carbonyl (C=O) groups excluding carboxylic acids is 1. The van der Waals surface area contributed by atoms with Crippen LogP contribution in [-0.2, 0) is 11.5 Å². The highest BCUT2D eigenvalue weighted by Crippen LogP contribution is 2.36. The zero-order valence-electron chi connectivity index (χ0n) is 13.2. The number of phenolic OH excluding ortho intramolecular Hbond substituents is 1. The predicted molar refractivity (Wildman–Crippen MR) is 87.3 cm³/mol. The van der Waals surface area contributed by atoms with Crippen LogP contribution in [0.4, 0.5) is 4.39 Å². The maximum absolute atomic E-state index is 12.8. The molecule has 5 N–H and O–H groups in total. The van der Waals surface area contributed by atoms with Crippen molar-refractivity contribution >= 4 is 17.5 Å². The number of phenols is 1. The number of carbonyl (C=O) groups is 1. The van der Waals surface area contributed by atoms with Crippen LogP contribution in [0.3, 0.4) is 0 Å². The van der Waals surface area contributed by atoms with Crippen LogP contribution in [0.5, 0.6) is 5.75 Å². The third-order valence-corrected chi connectivity index (χ3v) is 4.87. The van der Waals surface area contributed by atoms with Crippen LogP contribution in [0.2, 0.25) is 5.02 Å². The molecule has 1 aromatic rings. The predicted octanol–water partition coefficient (Wildman–Crippen LogP) is 1.11. The van der Waals surface area contributed by atoms with E-state index in [4.69, 9.17) is 22.4 Å². The van der Waals surface area contributed by atoms with E-state index in [9.17, 15) is 19.4 Å². The molecule has 1 saturated heterocycles. The summed E-state index contributed by atoms with van der Waals surface area (Å²) in [6.07, 6.45) is -0.216. The Bertz CT molecular complexity index is 594. The third-order valence-electron chi connectivity index (χ3n) is 4.52. The van der Waals surface area contributed by atoms with Gasteiger partial charge in [0.1, 0.15) is 12.4 Å². The van der Waals surface area contributed by atoms with Crippen molar-refractivity contribution in [3.05, 3.63) is 28.3 Å². The Balaban J connectivity index is 2.04. The minimum Gasteiger partial charge on any atom is -0.508 e. The van der Waals surface area contributed by atoms with E-state index < -0.39 is 31.3 Å². The fourth-order valence-corrected chi connectivity index (χ4v) is 3.23. The number of nitrogens with two attached hydrogens (primary N) is 1. The molecular formula is C16H22ClFN2O4. The molecule has 0 aliphatic carbocycles. The van der Waals surface area contributed by atoms with Crippen LogP contribution in [0.1, 0.15) is 30.0 Å². The number of aromatic hydroxyl groups is 1. The topological polar surface area (TPSA) is 107 Å². The second-order valence-electron chi connectivity index (χ2n) is 6.02.